The van der Waals surface area contributed by atoms with Crippen LogP contribution in [0.3, 0.4) is 0 Å². The van der Waals surface area contributed by atoms with E-state index in [-0.39, 0.29) is 17.2 Å². The molecule has 0 heterocycles. The van der Waals surface area contributed by atoms with Crippen molar-refractivity contribution in [2.75, 3.05) is 0 Å². The standard InChI is InChI=1S/C22H28N2O2/c1-21(2,3)16-22(4,5)24(20(26)18-14-10-7-11-15-18)23-19(25)17-12-8-6-9-13-17/h6-15H,16H2,1-5H3,(H,23,25). The van der Waals surface area contributed by atoms with E-state index < -0.39 is 5.54 Å². The van der Waals surface area contributed by atoms with Gasteiger partial charge in [-0.2, -0.15) is 0 Å². The molecule has 0 aromatic heterocycles. The van der Waals surface area contributed by atoms with Crippen molar-refractivity contribution >= 4 is 11.8 Å². The maximum atomic E-state index is 13.2. The van der Waals surface area contributed by atoms with Crippen LogP contribution < -0.4 is 5.43 Å². The molecule has 0 aliphatic rings. The lowest BCUT2D eigenvalue weighted by molar-refractivity contribution is 0.0207. The molecule has 0 radical (unpaired) electrons. The van der Waals surface area contributed by atoms with E-state index in [2.05, 4.69) is 26.2 Å². The van der Waals surface area contributed by atoms with Gasteiger partial charge in [0.1, 0.15) is 0 Å². The summed E-state index contributed by atoms with van der Waals surface area (Å²) >= 11 is 0. The molecule has 4 nitrogen and oxygen atoms in total. The van der Waals surface area contributed by atoms with E-state index in [1.54, 1.807) is 36.4 Å². The van der Waals surface area contributed by atoms with E-state index in [1.807, 2.05) is 38.1 Å². The van der Waals surface area contributed by atoms with Crippen LogP contribution in [0.4, 0.5) is 0 Å². The first-order valence-electron chi connectivity index (χ1n) is 8.86. The Bertz CT molecular complexity index is 747. The van der Waals surface area contributed by atoms with Crippen molar-refractivity contribution < 1.29 is 9.59 Å². The van der Waals surface area contributed by atoms with Gasteiger partial charge in [-0.15, -0.1) is 0 Å². The minimum absolute atomic E-state index is 0.00378. The van der Waals surface area contributed by atoms with Gasteiger partial charge in [0.05, 0.1) is 5.54 Å². The van der Waals surface area contributed by atoms with Crippen LogP contribution in [0.5, 0.6) is 0 Å². The number of nitrogens with zero attached hydrogens (tertiary/aromatic N) is 1. The molecule has 0 saturated heterocycles. The first-order chi connectivity index (χ1) is 12.1. The van der Waals surface area contributed by atoms with Crippen LogP contribution in [0.15, 0.2) is 60.7 Å². The minimum Gasteiger partial charge on any atom is -0.267 e. The lowest BCUT2D eigenvalue weighted by atomic mass is 9.81. The van der Waals surface area contributed by atoms with Crippen molar-refractivity contribution in [3.8, 4) is 0 Å². The zero-order chi connectivity index (χ0) is 19.4. The fraction of sp³-hybridized carbons (Fsp3) is 0.364. The summed E-state index contributed by atoms with van der Waals surface area (Å²) in [7, 11) is 0. The normalized spacial score (nSPS) is 11.7. The maximum absolute atomic E-state index is 13.2. The second kappa shape index (κ2) is 7.73. The first kappa shape index (κ1) is 19.7. The summed E-state index contributed by atoms with van der Waals surface area (Å²) in [5.74, 6) is -0.513. The highest BCUT2D eigenvalue weighted by atomic mass is 16.2. The van der Waals surface area contributed by atoms with Crippen molar-refractivity contribution in [2.45, 2.75) is 46.6 Å². The van der Waals surface area contributed by atoms with E-state index in [0.717, 1.165) is 6.42 Å². The van der Waals surface area contributed by atoms with E-state index in [9.17, 15) is 9.59 Å². The van der Waals surface area contributed by atoms with Crippen molar-refractivity contribution in [2.24, 2.45) is 5.41 Å². The third-order valence-electron chi connectivity index (χ3n) is 4.04. The van der Waals surface area contributed by atoms with Gasteiger partial charge in [0, 0.05) is 11.1 Å². The molecule has 0 aliphatic heterocycles. The predicted octanol–water partition coefficient (Wildman–Crippen LogP) is 4.69. The number of hydrazine groups is 1. The van der Waals surface area contributed by atoms with Crippen molar-refractivity contribution in [3.63, 3.8) is 0 Å². The molecule has 138 valence electrons. The van der Waals surface area contributed by atoms with Gasteiger partial charge in [0.15, 0.2) is 0 Å². The van der Waals surface area contributed by atoms with Crippen LogP contribution in [-0.4, -0.2) is 22.4 Å². The number of amides is 2. The first-order valence-corrected chi connectivity index (χ1v) is 8.86. The number of carbonyl (C=O) groups excluding carboxylic acids is 2. The Morgan fingerprint density at radius 1 is 0.808 bits per heavy atom. The molecule has 0 aliphatic carbocycles. The predicted molar refractivity (Wildman–Crippen MR) is 105 cm³/mol. The quantitative estimate of drug-likeness (QED) is 0.812. The molecule has 2 rings (SSSR count). The smallest absolute Gasteiger partial charge is 0.267 e. The molecule has 4 heteroatoms. The summed E-state index contributed by atoms with van der Waals surface area (Å²) in [5, 5.41) is 1.48. The van der Waals surface area contributed by atoms with Gasteiger partial charge in [-0.3, -0.25) is 15.0 Å². The third kappa shape index (κ3) is 5.19. The Morgan fingerprint density at radius 3 is 1.73 bits per heavy atom. The number of hydrogen-bond acceptors (Lipinski definition) is 2. The zero-order valence-electron chi connectivity index (χ0n) is 16.2. The molecule has 2 amide bonds. The van der Waals surface area contributed by atoms with Crippen LogP contribution in [0.1, 0.15) is 61.8 Å². The monoisotopic (exact) mass is 352 g/mol. The van der Waals surface area contributed by atoms with E-state index in [0.29, 0.717) is 11.1 Å². The van der Waals surface area contributed by atoms with E-state index in [1.165, 1.54) is 5.01 Å². The van der Waals surface area contributed by atoms with E-state index in [4.69, 9.17) is 0 Å². The van der Waals surface area contributed by atoms with Crippen molar-refractivity contribution in [3.05, 3.63) is 71.8 Å². The van der Waals surface area contributed by atoms with Crippen LogP contribution in [0.2, 0.25) is 0 Å². The topological polar surface area (TPSA) is 49.4 Å². The second-order valence-corrected chi connectivity index (χ2v) is 8.36. The number of hydrogen-bond donors (Lipinski definition) is 1. The number of rotatable bonds is 4. The molecule has 0 unspecified atom stereocenters. The highest BCUT2D eigenvalue weighted by Gasteiger charge is 2.36. The van der Waals surface area contributed by atoms with Gasteiger partial charge in [0.2, 0.25) is 0 Å². The van der Waals surface area contributed by atoms with Gasteiger partial charge >= 0.3 is 0 Å². The molecule has 2 aromatic carbocycles. The van der Waals surface area contributed by atoms with Gasteiger partial charge in [-0.25, -0.2) is 5.01 Å². The maximum Gasteiger partial charge on any atom is 0.272 e. The molecular weight excluding hydrogens is 324 g/mol. The average Bonchev–Trinajstić information content (AvgIpc) is 2.58. The summed E-state index contributed by atoms with van der Waals surface area (Å²) in [6.07, 6.45) is 0.730. The fourth-order valence-corrected chi connectivity index (χ4v) is 3.32. The summed E-state index contributed by atoms with van der Waals surface area (Å²) in [6, 6.07) is 18.0. The van der Waals surface area contributed by atoms with Crippen LogP contribution in [0, 0.1) is 5.41 Å². The van der Waals surface area contributed by atoms with Crippen LogP contribution in [-0.2, 0) is 0 Å². The summed E-state index contributed by atoms with van der Waals surface area (Å²) in [6.45, 7) is 10.3. The SMILES string of the molecule is CC(C)(C)CC(C)(C)N(NC(=O)c1ccccc1)C(=O)c1ccccc1. The molecule has 1 N–H and O–H groups in total. The minimum atomic E-state index is -0.560. The largest absolute Gasteiger partial charge is 0.272 e. The van der Waals surface area contributed by atoms with Gasteiger partial charge in [-0.1, -0.05) is 57.2 Å². The fourth-order valence-electron chi connectivity index (χ4n) is 3.32. The third-order valence-corrected chi connectivity index (χ3v) is 4.04. The molecule has 2 aromatic rings. The van der Waals surface area contributed by atoms with Gasteiger partial charge in [-0.05, 0) is 49.9 Å². The Kier molecular flexibility index (Phi) is 5.86. The second-order valence-electron chi connectivity index (χ2n) is 8.36. The summed E-state index contributed by atoms with van der Waals surface area (Å²) in [5.41, 5.74) is 3.34. The lowest BCUT2D eigenvalue weighted by Crippen LogP contribution is -2.58. The highest BCUT2D eigenvalue weighted by Crippen LogP contribution is 2.31. The molecule has 0 saturated carbocycles. The summed E-state index contributed by atoms with van der Waals surface area (Å²) < 4.78 is 0. The Morgan fingerprint density at radius 2 is 1.27 bits per heavy atom. The molecular formula is C22H28N2O2. The number of carbonyl (C=O) groups is 2. The Balaban J connectivity index is 2.35. The molecule has 26 heavy (non-hydrogen) atoms. The Hall–Kier alpha value is -2.62. The number of nitrogens with one attached hydrogen (secondary N) is 1. The molecule has 0 fully saturated rings. The van der Waals surface area contributed by atoms with Gasteiger partial charge in [0.25, 0.3) is 11.8 Å². The molecule has 0 atom stereocenters. The molecule has 0 spiro atoms. The lowest BCUT2D eigenvalue weighted by Gasteiger charge is -2.42. The van der Waals surface area contributed by atoms with Crippen molar-refractivity contribution in [1.82, 2.24) is 10.4 Å². The average molecular weight is 352 g/mol. The van der Waals surface area contributed by atoms with Crippen LogP contribution in [0.25, 0.3) is 0 Å². The number of benzene rings is 2. The zero-order valence-corrected chi connectivity index (χ0v) is 16.2. The Labute approximate surface area is 156 Å². The van der Waals surface area contributed by atoms with Crippen molar-refractivity contribution in [1.29, 1.82) is 0 Å². The van der Waals surface area contributed by atoms with Crippen LogP contribution >= 0.6 is 0 Å². The summed E-state index contributed by atoms with van der Waals surface area (Å²) in [4.78, 5) is 25.9. The highest BCUT2D eigenvalue weighted by molar-refractivity contribution is 5.99. The van der Waals surface area contributed by atoms with E-state index >= 15 is 0 Å². The van der Waals surface area contributed by atoms with Gasteiger partial charge < -0.3 is 0 Å². The molecule has 0 bridgehead atoms.